The van der Waals surface area contributed by atoms with E-state index in [1.165, 1.54) is 12.1 Å². The molecule has 21 heavy (non-hydrogen) atoms. The highest BCUT2D eigenvalue weighted by Gasteiger charge is 2.30. The summed E-state index contributed by atoms with van der Waals surface area (Å²) >= 11 is 1.84. The molecule has 1 fully saturated rings. The van der Waals surface area contributed by atoms with Crippen LogP contribution >= 0.6 is 11.8 Å². The maximum atomic E-state index is 12.7. The molecule has 118 valence electrons. The summed E-state index contributed by atoms with van der Waals surface area (Å²) in [4.78, 5) is 4.64. The standard InChI is InChI=1S/C15H21F3N2S/c1-21-10-9-19-5-7-20(8-6-19)12-13-3-2-4-14(11-13)15(16,17)18/h2-4,11H,5-10,12H2,1H3. The minimum atomic E-state index is -4.26. The molecule has 0 atom stereocenters. The minimum Gasteiger partial charge on any atom is -0.300 e. The number of alkyl halides is 3. The van der Waals surface area contributed by atoms with E-state index in [2.05, 4.69) is 16.1 Å². The Kier molecular flexibility index (Phi) is 5.96. The van der Waals surface area contributed by atoms with Gasteiger partial charge in [-0.1, -0.05) is 18.2 Å². The molecule has 1 saturated heterocycles. The van der Waals surface area contributed by atoms with Gasteiger partial charge in [-0.2, -0.15) is 24.9 Å². The van der Waals surface area contributed by atoms with Crippen LogP contribution in [-0.2, 0) is 12.7 Å². The van der Waals surface area contributed by atoms with E-state index in [4.69, 9.17) is 0 Å². The van der Waals surface area contributed by atoms with Crippen LogP contribution < -0.4 is 0 Å². The van der Waals surface area contributed by atoms with Crippen molar-refractivity contribution in [2.45, 2.75) is 12.7 Å². The third-order valence-electron chi connectivity index (χ3n) is 3.74. The van der Waals surface area contributed by atoms with Crippen molar-refractivity contribution in [3.8, 4) is 0 Å². The van der Waals surface area contributed by atoms with Gasteiger partial charge in [0.1, 0.15) is 0 Å². The Morgan fingerprint density at radius 2 is 1.76 bits per heavy atom. The van der Waals surface area contributed by atoms with E-state index >= 15 is 0 Å². The first-order valence-corrected chi connectivity index (χ1v) is 8.48. The van der Waals surface area contributed by atoms with Gasteiger partial charge in [-0.05, 0) is 17.9 Å². The molecule has 0 amide bonds. The minimum absolute atomic E-state index is 0.557. The molecule has 2 rings (SSSR count). The summed E-state index contributed by atoms with van der Waals surface area (Å²) in [6.07, 6.45) is -2.16. The van der Waals surface area contributed by atoms with Gasteiger partial charge < -0.3 is 0 Å². The predicted octanol–water partition coefficient (Wildman–Crippen LogP) is 3.19. The van der Waals surface area contributed by atoms with Crippen molar-refractivity contribution < 1.29 is 13.2 Å². The Bertz CT molecular complexity index is 443. The zero-order chi connectivity index (χ0) is 15.3. The topological polar surface area (TPSA) is 6.48 Å². The van der Waals surface area contributed by atoms with Crippen LogP contribution in [0, 0.1) is 0 Å². The van der Waals surface area contributed by atoms with Crippen molar-refractivity contribution in [2.75, 3.05) is 44.7 Å². The number of hydrogen-bond donors (Lipinski definition) is 0. The van der Waals surface area contributed by atoms with E-state index in [9.17, 15) is 13.2 Å². The van der Waals surface area contributed by atoms with Crippen molar-refractivity contribution >= 4 is 11.8 Å². The van der Waals surface area contributed by atoms with Gasteiger partial charge in [0.15, 0.2) is 0 Å². The second kappa shape index (κ2) is 7.51. The zero-order valence-electron chi connectivity index (χ0n) is 12.2. The summed E-state index contributed by atoms with van der Waals surface area (Å²) in [5, 5.41) is 0. The van der Waals surface area contributed by atoms with Crippen LogP contribution in [0.2, 0.25) is 0 Å². The van der Waals surface area contributed by atoms with Crippen LogP contribution in [0.4, 0.5) is 13.2 Å². The van der Waals surface area contributed by atoms with Gasteiger partial charge in [-0.25, -0.2) is 0 Å². The van der Waals surface area contributed by atoms with Crippen LogP contribution in [-0.4, -0.2) is 54.5 Å². The van der Waals surface area contributed by atoms with Crippen LogP contribution in [0.3, 0.4) is 0 Å². The normalized spacial score (nSPS) is 18.1. The molecule has 0 bridgehead atoms. The second-order valence-electron chi connectivity index (χ2n) is 5.31. The smallest absolute Gasteiger partial charge is 0.300 e. The van der Waals surface area contributed by atoms with Crippen LogP contribution in [0.15, 0.2) is 24.3 Å². The summed E-state index contributed by atoms with van der Waals surface area (Å²) in [5.41, 5.74) is 0.181. The highest BCUT2D eigenvalue weighted by molar-refractivity contribution is 7.98. The molecule has 2 nitrogen and oxygen atoms in total. The van der Waals surface area contributed by atoms with Crippen molar-refractivity contribution in [2.24, 2.45) is 0 Å². The molecular formula is C15H21F3N2S. The van der Waals surface area contributed by atoms with Gasteiger partial charge in [0.2, 0.25) is 0 Å². The lowest BCUT2D eigenvalue weighted by atomic mass is 10.1. The van der Waals surface area contributed by atoms with Gasteiger partial charge in [0, 0.05) is 45.0 Å². The largest absolute Gasteiger partial charge is 0.416 e. The lowest BCUT2D eigenvalue weighted by molar-refractivity contribution is -0.137. The van der Waals surface area contributed by atoms with E-state index in [1.807, 2.05) is 11.8 Å². The fourth-order valence-electron chi connectivity index (χ4n) is 2.50. The number of rotatable bonds is 5. The second-order valence-corrected chi connectivity index (χ2v) is 6.29. The fourth-order valence-corrected chi connectivity index (χ4v) is 2.94. The predicted molar refractivity (Wildman–Crippen MR) is 81.5 cm³/mol. The SMILES string of the molecule is CSCCN1CCN(Cc2cccc(C(F)(F)F)c2)CC1. The van der Waals surface area contributed by atoms with Crippen molar-refractivity contribution in [1.29, 1.82) is 0 Å². The average Bonchev–Trinajstić information content (AvgIpc) is 2.46. The van der Waals surface area contributed by atoms with Crippen LogP contribution in [0.25, 0.3) is 0 Å². The molecule has 1 aliphatic heterocycles. The summed E-state index contributed by atoms with van der Waals surface area (Å²) < 4.78 is 38.1. The number of benzene rings is 1. The van der Waals surface area contributed by atoms with Crippen molar-refractivity contribution in [1.82, 2.24) is 9.80 Å². The Morgan fingerprint density at radius 1 is 1.10 bits per heavy atom. The van der Waals surface area contributed by atoms with E-state index in [1.54, 1.807) is 6.07 Å². The highest BCUT2D eigenvalue weighted by Crippen LogP contribution is 2.29. The molecular weight excluding hydrogens is 297 g/mol. The van der Waals surface area contributed by atoms with E-state index in [0.717, 1.165) is 50.1 Å². The number of piperazine rings is 1. The molecule has 1 heterocycles. The Labute approximate surface area is 128 Å². The first-order valence-electron chi connectivity index (χ1n) is 7.09. The number of nitrogens with zero attached hydrogens (tertiary/aromatic N) is 2. The number of halogens is 3. The molecule has 1 aliphatic rings. The van der Waals surface area contributed by atoms with Gasteiger partial charge in [0.05, 0.1) is 5.56 Å². The van der Waals surface area contributed by atoms with Gasteiger partial charge >= 0.3 is 6.18 Å². The zero-order valence-corrected chi connectivity index (χ0v) is 13.0. The first-order chi connectivity index (χ1) is 9.99. The maximum absolute atomic E-state index is 12.7. The fraction of sp³-hybridized carbons (Fsp3) is 0.600. The van der Waals surface area contributed by atoms with E-state index in [-0.39, 0.29) is 0 Å². The monoisotopic (exact) mass is 318 g/mol. The molecule has 0 N–H and O–H groups in total. The molecule has 1 aromatic carbocycles. The maximum Gasteiger partial charge on any atom is 0.416 e. The highest BCUT2D eigenvalue weighted by atomic mass is 32.2. The molecule has 0 unspecified atom stereocenters. The van der Waals surface area contributed by atoms with Crippen molar-refractivity contribution in [3.63, 3.8) is 0 Å². The third kappa shape index (κ3) is 5.20. The quantitative estimate of drug-likeness (QED) is 0.823. The van der Waals surface area contributed by atoms with E-state index in [0.29, 0.717) is 6.54 Å². The molecule has 1 aromatic rings. The third-order valence-corrected chi connectivity index (χ3v) is 4.33. The summed E-state index contributed by atoms with van der Waals surface area (Å²) in [7, 11) is 0. The molecule has 0 saturated carbocycles. The molecule has 0 aromatic heterocycles. The Hall–Kier alpha value is -0.720. The molecule has 0 aliphatic carbocycles. The van der Waals surface area contributed by atoms with Crippen LogP contribution in [0.1, 0.15) is 11.1 Å². The van der Waals surface area contributed by atoms with Crippen molar-refractivity contribution in [3.05, 3.63) is 35.4 Å². The number of thioether (sulfide) groups is 1. The Morgan fingerprint density at radius 3 is 2.38 bits per heavy atom. The molecule has 0 radical (unpaired) electrons. The van der Waals surface area contributed by atoms with E-state index < -0.39 is 11.7 Å². The summed E-state index contributed by atoms with van der Waals surface area (Å²) in [5.74, 6) is 1.13. The molecule has 0 spiro atoms. The Balaban J connectivity index is 1.86. The lowest BCUT2D eigenvalue weighted by Crippen LogP contribution is -2.46. The summed E-state index contributed by atoms with van der Waals surface area (Å²) in [6.45, 7) is 5.53. The van der Waals surface area contributed by atoms with Gasteiger partial charge in [-0.15, -0.1) is 0 Å². The first kappa shape index (κ1) is 16.6. The van der Waals surface area contributed by atoms with Gasteiger partial charge in [0.25, 0.3) is 0 Å². The van der Waals surface area contributed by atoms with Crippen LogP contribution in [0.5, 0.6) is 0 Å². The molecule has 6 heteroatoms. The van der Waals surface area contributed by atoms with Gasteiger partial charge in [-0.3, -0.25) is 9.80 Å². The average molecular weight is 318 g/mol. The summed E-state index contributed by atoms with van der Waals surface area (Å²) in [6, 6.07) is 5.66. The lowest BCUT2D eigenvalue weighted by Gasteiger charge is -2.34. The number of hydrogen-bond acceptors (Lipinski definition) is 3.